The van der Waals surface area contributed by atoms with E-state index in [0.29, 0.717) is 13.2 Å². The van der Waals surface area contributed by atoms with E-state index in [1.165, 1.54) is 0 Å². The van der Waals surface area contributed by atoms with Gasteiger partial charge in [0, 0.05) is 20.2 Å². The fraction of sp³-hybridized carbons (Fsp3) is 0.800. The van der Waals surface area contributed by atoms with Crippen LogP contribution in [-0.2, 0) is 14.3 Å². The first-order valence-corrected chi connectivity index (χ1v) is 5.29. The summed E-state index contributed by atoms with van der Waals surface area (Å²) >= 11 is 0. The number of hydrogen-bond acceptors (Lipinski definition) is 3. The van der Waals surface area contributed by atoms with Gasteiger partial charge in [0.2, 0.25) is 11.8 Å². The first-order chi connectivity index (χ1) is 7.20. The summed E-state index contributed by atoms with van der Waals surface area (Å²) in [5.74, 6) is -0.180. The molecule has 86 valence electrons. The van der Waals surface area contributed by atoms with Gasteiger partial charge in [0.1, 0.15) is 12.6 Å². The Morgan fingerprint density at radius 1 is 1.53 bits per heavy atom. The Morgan fingerprint density at radius 3 is 2.87 bits per heavy atom. The lowest BCUT2D eigenvalue weighted by Crippen LogP contribution is -2.46. The second kappa shape index (κ2) is 5.70. The zero-order valence-electron chi connectivity index (χ0n) is 9.28. The normalized spacial score (nSPS) is 20.4. The molecule has 0 aromatic carbocycles. The molecule has 1 aliphatic heterocycles. The minimum Gasteiger partial charge on any atom is -0.372 e. The lowest BCUT2D eigenvalue weighted by molar-refractivity contribution is -0.141. The number of amides is 2. The van der Waals surface area contributed by atoms with Gasteiger partial charge in [-0.05, 0) is 19.8 Å². The van der Waals surface area contributed by atoms with E-state index >= 15 is 0 Å². The predicted molar refractivity (Wildman–Crippen MR) is 55.3 cm³/mol. The highest BCUT2D eigenvalue weighted by Crippen LogP contribution is 2.17. The van der Waals surface area contributed by atoms with Crippen molar-refractivity contribution in [3.63, 3.8) is 0 Å². The predicted octanol–water partition coefficient (Wildman–Crippen LogP) is -0.240. The summed E-state index contributed by atoms with van der Waals surface area (Å²) in [6.07, 6.45) is 1.63. The van der Waals surface area contributed by atoms with Crippen molar-refractivity contribution in [2.75, 3.05) is 26.8 Å². The van der Waals surface area contributed by atoms with Gasteiger partial charge in [-0.2, -0.15) is 0 Å². The number of carbonyl (C=O) groups excluding carboxylic acids is 2. The summed E-state index contributed by atoms with van der Waals surface area (Å²) in [5, 5.41) is 2.57. The van der Waals surface area contributed by atoms with Crippen molar-refractivity contribution in [1.29, 1.82) is 0 Å². The van der Waals surface area contributed by atoms with Gasteiger partial charge in [-0.25, -0.2) is 0 Å². The number of likely N-dealkylation sites (N-methyl/N-ethyl adjacent to an activating group) is 1. The van der Waals surface area contributed by atoms with E-state index in [0.717, 1.165) is 12.8 Å². The molecule has 1 unspecified atom stereocenters. The highest BCUT2D eigenvalue weighted by atomic mass is 16.5. The van der Waals surface area contributed by atoms with Crippen molar-refractivity contribution < 1.29 is 14.3 Å². The van der Waals surface area contributed by atoms with Gasteiger partial charge in [-0.15, -0.1) is 0 Å². The quantitative estimate of drug-likeness (QED) is 0.702. The molecule has 0 aromatic rings. The summed E-state index contributed by atoms with van der Waals surface area (Å²) in [6, 6.07) is -0.303. The number of nitrogens with zero attached hydrogens (tertiary/aromatic N) is 1. The van der Waals surface area contributed by atoms with Crippen LogP contribution in [0.2, 0.25) is 0 Å². The van der Waals surface area contributed by atoms with Crippen molar-refractivity contribution in [3.05, 3.63) is 0 Å². The van der Waals surface area contributed by atoms with Crippen LogP contribution in [0.25, 0.3) is 0 Å². The van der Waals surface area contributed by atoms with Gasteiger partial charge in [0.15, 0.2) is 0 Å². The molecule has 1 saturated heterocycles. The monoisotopic (exact) mass is 214 g/mol. The average Bonchev–Trinajstić information content (AvgIpc) is 2.73. The van der Waals surface area contributed by atoms with Crippen LogP contribution in [-0.4, -0.2) is 49.6 Å². The van der Waals surface area contributed by atoms with Crippen LogP contribution in [0.1, 0.15) is 19.8 Å². The van der Waals surface area contributed by atoms with Crippen LogP contribution >= 0.6 is 0 Å². The van der Waals surface area contributed by atoms with E-state index in [4.69, 9.17) is 4.74 Å². The van der Waals surface area contributed by atoms with Crippen LogP contribution in [0.5, 0.6) is 0 Å². The Bertz CT molecular complexity index is 243. The van der Waals surface area contributed by atoms with E-state index in [1.54, 1.807) is 11.9 Å². The zero-order chi connectivity index (χ0) is 11.3. The molecule has 0 spiro atoms. The van der Waals surface area contributed by atoms with E-state index in [9.17, 15) is 9.59 Å². The van der Waals surface area contributed by atoms with Crippen molar-refractivity contribution in [2.45, 2.75) is 25.8 Å². The highest BCUT2D eigenvalue weighted by Gasteiger charge is 2.33. The van der Waals surface area contributed by atoms with Crippen LogP contribution < -0.4 is 5.32 Å². The highest BCUT2D eigenvalue weighted by molar-refractivity contribution is 5.88. The van der Waals surface area contributed by atoms with Crippen LogP contribution in [0.4, 0.5) is 0 Å². The second-order valence-electron chi connectivity index (χ2n) is 3.50. The van der Waals surface area contributed by atoms with Gasteiger partial charge in [-0.3, -0.25) is 9.59 Å². The molecule has 0 radical (unpaired) electrons. The van der Waals surface area contributed by atoms with Crippen molar-refractivity contribution in [3.8, 4) is 0 Å². The molecule has 1 rings (SSSR count). The number of rotatable bonds is 4. The topological polar surface area (TPSA) is 58.6 Å². The maximum absolute atomic E-state index is 11.7. The lowest BCUT2D eigenvalue weighted by atomic mass is 10.2. The molecule has 1 heterocycles. The van der Waals surface area contributed by atoms with Crippen LogP contribution in [0.15, 0.2) is 0 Å². The molecule has 15 heavy (non-hydrogen) atoms. The number of carbonyl (C=O) groups is 2. The lowest BCUT2D eigenvalue weighted by Gasteiger charge is -2.23. The van der Waals surface area contributed by atoms with Crippen LogP contribution in [0.3, 0.4) is 0 Å². The Hall–Kier alpha value is -1.10. The van der Waals surface area contributed by atoms with Gasteiger partial charge in [0.25, 0.3) is 0 Å². The zero-order valence-corrected chi connectivity index (χ0v) is 9.28. The Kier molecular flexibility index (Phi) is 4.55. The standard InChI is InChI=1S/C10H18N2O3/c1-3-15-7-9(13)12-6-4-5-8(12)10(14)11-2/h8H,3-7H2,1-2H3,(H,11,14). The molecule has 1 fully saturated rings. The Labute approximate surface area is 89.8 Å². The molecule has 0 saturated carbocycles. The first kappa shape index (κ1) is 12.0. The molecule has 0 aliphatic carbocycles. The maximum Gasteiger partial charge on any atom is 0.249 e. The van der Waals surface area contributed by atoms with Crippen LogP contribution in [0, 0.1) is 0 Å². The van der Waals surface area contributed by atoms with Gasteiger partial charge in [0.05, 0.1) is 0 Å². The van der Waals surface area contributed by atoms with E-state index in [-0.39, 0.29) is 24.5 Å². The number of ether oxygens (including phenoxy) is 1. The first-order valence-electron chi connectivity index (χ1n) is 5.29. The molecule has 0 aromatic heterocycles. The van der Waals surface area contributed by atoms with E-state index in [2.05, 4.69) is 5.32 Å². The minimum atomic E-state index is -0.303. The third kappa shape index (κ3) is 2.92. The summed E-state index contributed by atoms with van der Waals surface area (Å²) in [5.41, 5.74) is 0. The Balaban J connectivity index is 2.52. The largest absolute Gasteiger partial charge is 0.372 e. The van der Waals surface area contributed by atoms with Gasteiger partial charge >= 0.3 is 0 Å². The SMILES string of the molecule is CCOCC(=O)N1CCCC1C(=O)NC. The second-order valence-corrected chi connectivity index (χ2v) is 3.50. The molecule has 1 N–H and O–H groups in total. The summed E-state index contributed by atoms with van der Waals surface area (Å²) in [4.78, 5) is 24.7. The number of hydrogen-bond donors (Lipinski definition) is 1. The molecule has 1 aliphatic rings. The molecular weight excluding hydrogens is 196 g/mol. The third-order valence-corrected chi connectivity index (χ3v) is 2.55. The molecule has 5 nitrogen and oxygen atoms in total. The van der Waals surface area contributed by atoms with Gasteiger partial charge in [-0.1, -0.05) is 0 Å². The molecule has 2 amide bonds. The average molecular weight is 214 g/mol. The molecule has 1 atom stereocenters. The van der Waals surface area contributed by atoms with E-state index < -0.39 is 0 Å². The summed E-state index contributed by atoms with van der Waals surface area (Å²) < 4.78 is 5.05. The fourth-order valence-electron chi connectivity index (χ4n) is 1.78. The number of likely N-dealkylation sites (tertiary alicyclic amines) is 1. The Morgan fingerprint density at radius 2 is 2.27 bits per heavy atom. The molecular formula is C10H18N2O3. The van der Waals surface area contributed by atoms with Crippen molar-refractivity contribution in [2.24, 2.45) is 0 Å². The third-order valence-electron chi connectivity index (χ3n) is 2.55. The van der Waals surface area contributed by atoms with E-state index in [1.807, 2.05) is 6.92 Å². The summed E-state index contributed by atoms with van der Waals surface area (Å²) in [7, 11) is 1.59. The maximum atomic E-state index is 11.7. The smallest absolute Gasteiger partial charge is 0.249 e. The van der Waals surface area contributed by atoms with Crippen molar-refractivity contribution >= 4 is 11.8 Å². The molecule has 0 bridgehead atoms. The molecule has 5 heteroatoms. The summed E-state index contributed by atoms with van der Waals surface area (Å²) in [6.45, 7) is 3.09. The minimum absolute atomic E-state index is 0.0734. The van der Waals surface area contributed by atoms with Crippen molar-refractivity contribution in [1.82, 2.24) is 10.2 Å². The number of nitrogens with one attached hydrogen (secondary N) is 1. The van der Waals surface area contributed by atoms with Gasteiger partial charge < -0.3 is 15.0 Å². The fourth-order valence-corrected chi connectivity index (χ4v) is 1.78.